The van der Waals surface area contributed by atoms with Crippen LogP contribution in [0.25, 0.3) is 0 Å². The van der Waals surface area contributed by atoms with Crippen LogP contribution in [-0.4, -0.2) is 43.3 Å². The van der Waals surface area contributed by atoms with E-state index in [9.17, 15) is 9.90 Å². The monoisotopic (exact) mass is 423 g/mol. The molecule has 0 aliphatic carbocycles. The number of aliphatic hydroxyl groups is 1. The van der Waals surface area contributed by atoms with Crippen LogP contribution in [0.5, 0.6) is 23.0 Å². The van der Waals surface area contributed by atoms with E-state index in [2.05, 4.69) is 4.90 Å². The highest BCUT2D eigenvalue weighted by molar-refractivity contribution is 5.84. The van der Waals surface area contributed by atoms with Crippen molar-refractivity contribution in [3.63, 3.8) is 0 Å². The molecular formula is C24H25NO6. The lowest BCUT2D eigenvalue weighted by molar-refractivity contribution is -0.179. The number of fused-ring (bicyclic) bond motifs is 4. The number of benzene rings is 2. The summed E-state index contributed by atoms with van der Waals surface area (Å²) in [7, 11) is 3.20. The summed E-state index contributed by atoms with van der Waals surface area (Å²) in [4.78, 5) is 15.5. The number of hydrogen-bond acceptors (Lipinski definition) is 7. The van der Waals surface area contributed by atoms with Crippen LogP contribution in [0.1, 0.15) is 48.1 Å². The minimum absolute atomic E-state index is 0.127. The number of carbonyl (C=O) groups excluding carboxylic acids is 1. The van der Waals surface area contributed by atoms with Crippen molar-refractivity contribution in [2.45, 2.75) is 43.4 Å². The van der Waals surface area contributed by atoms with E-state index < -0.39 is 11.1 Å². The Labute approximate surface area is 180 Å². The van der Waals surface area contributed by atoms with Gasteiger partial charge in [-0.2, -0.15) is 0 Å². The van der Waals surface area contributed by atoms with Crippen LogP contribution in [-0.2, 0) is 22.4 Å². The van der Waals surface area contributed by atoms with Gasteiger partial charge in [0.15, 0.2) is 23.0 Å². The highest BCUT2D eigenvalue weighted by atomic mass is 16.7. The molecule has 3 atom stereocenters. The van der Waals surface area contributed by atoms with Crippen molar-refractivity contribution < 1.29 is 28.8 Å². The Hall–Kier alpha value is -2.77. The van der Waals surface area contributed by atoms with Gasteiger partial charge in [-0.1, -0.05) is 6.07 Å². The van der Waals surface area contributed by atoms with Crippen LogP contribution >= 0.6 is 0 Å². The minimum Gasteiger partial charge on any atom is -0.493 e. The molecule has 1 saturated heterocycles. The SMILES string of the molecule is COc1ccc2c(c1OC)C1CC(=O)CC3(c4cc5c(cc4CCN13)OCO5)C2(C)O. The Kier molecular flexibility index (Phi) is 3.76. The molecule has 4 aliphatic heterocycles. The molecule has 0 spiro atoms. The lowest BCUT2D eigenvalue weighted by Gasteiger charge is -2.63. The Bertz CT molecular complexity index is 1130. The number of methoxy groups -OCH3 is 2. The van der Waals surface area contributed by atoms with Gasteiger partial charge in [0.1, 0.15) is 11.4 Å². The molecule has 2 bridgehead atoms. The van der Waals surface area contributed by atoms with E-state index in [0.29, 0.717) is 23.7 Å². The lowest BCUT2D eigenvalue weighted by atomic mass is 9.57. The summed E-state index contributed by atoms with van der Waals surface area (Å²) < 4.78 is 22.5. The van der Waals surface area contributed by atoms with Crippen LogP contribution in [0.3, 0.4) is 0 Å². The molecule has 4 aliphatic rings. The van der Waals surface area contributed by atoms with Crippen molar-refractivity contribution in [2.24, 2.45) is 0 Å². The normalized spacial score (nSPS) is 30.3. The summed E-state index contributed by atoms with van der Waals surface area (Å²) >= 11 is 0. The fourth-order valence-electron chi connectivity index (χ4n) is 6.37. The summed E-state index contributed by atoms with van der Waals surface area (Å²) in [5.41, 5.74) is 1.46. The zero-order chi connectivity index (χ0) is 21.5. The van der Waals surface area contributed by atoms with Gasteiger partial charge >= 0.3 is 0 Å². The second kappa shape index (κ2) is 6.14. The third-order valence-corrected chi connectivity index (χ3v) is 7.65. The van der Waals surface area contributed by atoms with Crippen LogP contribution in [0.15, 0.2) is 24.3 Å². The number of hydrogen-bond donors (Lipinski definition) is 1. The number of ether oxygens (including phenoxy) is 4. The van der Waals surface area contributed by atoms with Gasteiger partial charge in [-0.05, 0) is 48.2 Å². The van der Waals surface area contributed by atoms with E-state index in [-0.39, 0.29) is 25.0 Å². The first-order valence-corrected chi connectivity index (χ1v) is 10.6. The lowest BCUT2D eigenvalue weighted by Crippen LogP contribution is -2.68. The summed E-state index contributed by atoms with van der Waals surface area (Å²) in [5, 5.41) is 12.3. The van der Waals surface area contributed by atoms with Gasteiger partial charge in [0.05, 0.1) is 19.8 Å². The third kappa shape index (κ3) is 2.18. The van der Waals surface area contributed by atoms with Gasteiger partial charge in [0, 0.05) is 31.0 Å². The predicted octanol–water partition coefficient (Wildman–Crippen LogP) is 2.81. The summed E-state index contributed by atoms with van der Waals surface area (Å²) in [6.07, 6.45) is 1.43. The van der Waals surface area contributed by atoms with Gasteiger partial charge in [0.2, 0.25) is 6.79 Å². The molecule has 162 valence electrons. The zero-order valence-corrected chi connectivity index (χ0v) is 17.9. The summed E-state index contributed by atoms with van der Waals surface area (Å²) in [6, 6.07) is 7.54. The maximum Gasteiger partial charge on any atom is 0.231 e. The molecule has 4 heterocycles. The molecule has 2 aromatic rings. The molecule has 1 N–H and O–H groups in total. The summed E-state index contributed by atoms with van der Waals surface area (Å²) in [5.74, 6) is 2.71. The predicted molar refractivity (Wildman–Crippen MR) is 111 cm³/mol. The van der Waals surface area contributed by atoms with Gasteiger partial charge in [-0.25, -0.2) is 0 Å². The molecule has 6 rings (SSSR count). The fourth-order valence-corrected chi connectivity index (χ4v) is 6.37. The van der Waals surface area contributed by atoms with Crippen LogP contribution in [0.2, 0.25) is 0 Å². The van der Waals surface area contributed by atoms with Crippen LogP contribution < -0.4 is 18.9 Å². The molecule has 2 aromatic carbocycles. The van der Waals surface area contributed by atoms with Gasteiger partial charge in [-0.15, -0.1) is 0 Å². The van der Waals surface area contributed by atoms with E-state index in [4.69, 9.17) is 18.9 Å². The minimum atomic E-state index is -1.34. The van der Waals surface area contributed by atoms with E-state index in [1.165, 1.54) is 0 Å². The number of piperidine rings is 1. The first-order chi connectivity index (χ1) is 14.9. The van der Waals surface area contributed by atoms with E-state index in [0.717, 1.165) is 41.0 Å². The summed E-state index contributed by atoms with van der Waals surface area (Å²) in [6.45, 7) is 2.73. The van der Waals surface area contributed by atoms with E-state index >= 15 is 0 Å². The highest BCUT2D eigenvalue weighted by Gasteiger charge is 2.65. The Morgan fingerprint density at radius 1 is 1.13 bits per heavy atom. The van der Waals surface area contributed by atoms with Crippen molar-refractivity contribution in [1.82, 2.24) is 4.90 Å². The Balaban J connectivity index is 1.67. The van der Waals surface area contributed by atoms with Crippen molar-refractivity contribution in [3.05, 3.63) is 46.5 Å². The van der Waals surface area contributed by atoms with Crippen molar-refractivity contribution in [3.8, 4) is 23.0 Å². The second-order valence-corrected chi connectivity index (χ2v) is 8.94. The van der Waals surface area contributed by atoms with Gasteiger partial charge in [0.25, 0.3) is 0 Å². The first kappa shape index (κ1) is 19.0. The smallest absolute Gasteiger partial charge is 0.231 e. The molecule has 0 saturated carbocycles. The third-order valence-electron chi connectivity index (χ3n) is 7.65. The molecule has 0 amide bonds. The number of nitrogens with zero attached hydrogens (tertiary/aromatic N) is 1. The maximum absolute atomic E-state index is 13.2. The largest absolute Gasteiger partial charge is 0.493 e. The van der Waals surface area contributed by atoms with Crippen molar-refractivity contribution in [2.75, 3.05) is 27.6 Å². The topological polar surface area (TPSA) is 77.5 Å². The molecule has 31 heavy (non-hydrogen) atoms. The molecule has 0 aromatic heterocycles. The van der Waals surface area contributed by atoms with Gasteiger partial charge < -0.3 is 24.1 Å². The molecular weight excluding hydrogens is 398 g/mol. The second-order valence-electron chi connectivity index (χ2n) is 8.94. The van der Waals surface area contributed by atoms with E-state index in [1.54, 1.807) is 14.2 Å². The van der Waals surface area contributed by atoms with Gasteiger partial charge in [-0.3, -0.25) is 9.69 Å². The Morgan fingerprint density at radius 2 is 1.90 bits per heavy atom. The number of rotatable bonds is 2. The quantitative estimate of drug-likeness (QED) is 0.796. The highest BCUT2D eigenvalue weighted by Crippen LogP contribution is 2.64. The molecule has 0 radical (unpaired) electrons. The van der Waals surface area contributed by atoms with Crippen molar-refractivity contribution >= 4 is 5.78 Å². The molecule has 1 fully saturated rings. The number of carbonyl (C=O) groups is 1. The number of Topliss-reactive ketones (excluding diaryl/α,β-unsaturated/α-hetero) is 1. The number of ketones is 1. The fraction of sp³-hybridized carbons (Fsp3) is 0.458. The average Bonchev–Trinajstić information content (AvgIpc) is 3.22. The van der Waals surface area contributed by atoms with E-state index in [1.807, 2.05) is 31.2 Å². The molecule has 3 unspecified atom stereocenters. The Morgan fingerprint density at radius 3 is 2.65 bits per heavy atom. The maximum atomic E-state index is 13.2. The average molecular weight is 423 g/mol. The van der Waals surface area contributed by atoms with Crippen LogP contribution in [0.4, 0.5) is 0 Å². The standard InChI is InChI=1S/C24H25NO6/c1-23(27)15-4-5-18(28-2)22(29-3)21(15)17-9-14(26)11-24(23)16-10-20-19(30-12-31-20)8-13(16)6-7-25(17)24/h4-5,8,10,17,27H,6-7,9,11-12H2,1-3H3. The van der Waals surface area contributed by atoms with Crippen LogP contribution in [0, 0.1) is 0 Å². The molecule has 7 heteroatoms. The molecule has 7 nitrogen and oxygen atoms in total. The zero-order valence-electron chi connectivity index (χ0n) is 17.9. The van der Waals surface area contributed by atoms with Crippen molar-refractivity contribution in [1.29, 1.82) is 0 Å². The first-order valence-electron chi connectivity index (χ1n) is 10.6.